The number of aliphatic hydroxyl groups excluding tert-OH is 2. The lowest BCUT2D eigenvalue weighted by molar-refractivity contribution is -0.105. The number of aliphatic hydroxyl groups is 3. The summed E-state index contributed by atoms with van der Waals surface area (Å²) in [5, 5.41) is 26.4. The Morgan fingerprint density at radius 3 is 2.27 bits per heavy atom. The fraction of sp³-hybridized carbons (Fsp3) is 1.00. The molecule has 0 fully saturated rings. The van der Waals surface area contributed by atoms with Gasteiger partial charge in [0.1, 0.15) is 0 Å². The van der Waals surface area contributed by atoms with Crippen molar-refractivity contribution >= 4 is 15.9 Å². The van der Waals surface area contributed by atoms with Crippen LogP contribution in [0.4, 0.5) is 0 Å². The molecule has 4 nitrogen and oxygen atoms in total. The normalized spacial score (nSPS) is 13.9. The second kappa shape index (κ2) is 7.00. The number of halogens is 1. The highest BCUT2D eigenvalue weighted by molar-refractivity contribution is 9.09. The van der Waals surface area contributed by atoms with Gasteiger partial charge in [0.25, 0.3) is 0 Å². The van der Waals surface area contributed by atoms with Gasteiger partial charge < -0.3 is 20.1 Å². The van der Waals surface area contributed by atoms with E-state index in [0.717, 1.165) is 0 Å². The minimum atomic E-state index is -1.45. The first-order valence-electron chi connectivity index (χ1n) is 3.34. The van der Waals surface area contributed by atoms with Crippen LogP contribution in [0.5, 0.6) is 0 Å². The highest BCUT2D eigenvalue weighted by Crippen LogP contribution is 1.96. The van der Waals surface area contributed by atoms with Crippen molar-refractivity contribution in [2.24, 2.45) is 0 Å². The van der Waals surface area contributed by atoms with Gasteiger partial charge in [-0.3, -0.25) is 0 Å². The van der Waals surface area contributed by atoms with E-state index in [0.29, 0.717) is 11.8 Å². The molecule has 0 bridgehead atoms. The number of hydrogen-bond donors (Lipinski definition) is 3. The first-order valence-corrected chi connectivity index (χ1v) is 4.47. The highest BCUT2D eigenvalue weighted by atomic mass is 79.9. The molecule has 0 amide bonds. The average molecular weight is 229 g/mol. The van der Waals surface area contributed by atoms with Crippen LogP contribution in [0.1, 0.15) is 6.42 Å². The third-order valence-corrected chi connectivity index (χ3v) is 1.48. The Balaban J connectivity index is 3.10. The van der Waals surface area contributed by atoms with E-state index in [9.17, 15) is 0 Å². The lowest BCUT2D eigenvalue weighted by Crippen LogP contribution is -2.21. The van der Waals surface area contributed by atoms with Crippen LogP contribution in [0.2, 0.25) is 0 Å². The maximum Gasteiger partial charge on any atom is 0.175 e. The maximum absolute atomic E-state index is 9.04. The van der Waals surface area contributed by atoms with Gasteiger partial charge in [0.15, 0.2) is 6.29 Å². The smallest absolute Gasteiger partial charge is 0.175 e. The summed E-state index contributed by atoms with van der Waals surface area (Å²) in [5.74, 6) is 0. The number of ether oxygens (including phenoxy) is 1. The van der Waals surface area contributed by atoms with E-state index in [2.05, 4.69) is 15.9 Å². The number of hydrogen-bond acceptors (Lipinski definition) is 4. The summed E-state index contributed by atoms with van der Waals surface area (Å²) in [7, 11) is 0. The van der Waals surface area contributed by atoms with Gasteiger partial charge in [-0.2, -0.15) is 0 Å². The van der Waals surface area contributed by atoms with Crippen molar-refractivity contribution in [2.45, 2.75) is 18.8 Å². The second-order valence-electron chi connectivity index (χ2n) is 2.15. The first kappa shape index (κ1) is 11.3. The molecule has 0 aromatic rings. The molecule has 0 saturated carbocycles. The van der Waals surface area contributed by atoms with Crippen molar-refractivity contribution in [3.8, 4) is 0 Å². The minimum Gasteiger partial charge on any atom is -0.391 e. The summed E-state index contributed by atoms with van der Waals surface area (Å²) in [6.07, 6.45) is -1.39. The summed E-state index contributed by atoms with van der Waals surface area (Å²) in [6, 6.07) is 0. The van der Waals surface area contributed by atoms with Gasteiger partial charge >= 0.3 is 0 Å². The molecule has 0 saturated heterocycles. The summed E-state index contributed by atoms with van der Waals surface area (Å²) in [6.45, 7) is -0.0113. The Kier molecular flexibility index (Phi) is 7.20. The van der Waals surface area contributed by atoms with E-state index in [-0.39, 0.29) is 13.2 Å². The monoisotopic (exact) mass is 228 g/mol. The van der Waals surface area contributed by atoms with Gasteiger partial charge in [0, 0.05) is 5.33 Å². The maximum atomic E-state index is 9.04. The topological polar surface area (TPSA) is 69.9 Å². The van der Waals surface area contributed by atoms with E-state index < -0.39 is 12.4 Å². The van der Waals surface area contributed by atoms with Crippen LogP contribution in [0.15, 0.2) is 0 Å². The molecule has 0 aromatic carbocycles. The van der Waals surface area contributed by atoms with Gasteiger partial charge in [0.2, 0.25) is 0 Å². The van der Waals surface area contributed by atoms with Gasteiger partial charge in [-0.25, -0.2) is 0 Å². The molecule has 0 spiro atoms. The van der Waals surface area contributed by atoms with Crippen molar-refractivity contribution in [3.05, 3.63) is 0 Å². The molecule has 5 heteroatoms. The molecule has 0 aliphatic rings. The zero-order chi connectivity index (χ0) is 8.69. The van der Waals surface area contributed by atoms with E-state index in [1.807, 2.05) is 0 Å². The Labute approximate surface area is 73.9 Å². The van der Waals surface area contributed by atoms with E-state index >= 15 is 0 Å². The third-order valence-electron chi connectivity index (χ3n) is 1.02. The van der Waals surface area contributed by atoms with Crippen LogP contribution in [0.3, 0.4) is 0 Å². The van der Waals surface area contributed by atoms with Crippen LogP contribution in [0, 0.1) is 0 Å². The Bertz CT molecular complexity index is 88.7. The molecule has 0 aliphatic carbocycles. The second-order valence-corrected chi connectivity index (χ2v) is 2.94. The number of alkyl halides is 1. The molecule has 11 heavy (non-hydrogen) atoms. The van der Waals surface area contributed by atoms with Crippen molar-refractivity contribution in [1.82, 2.24) is 0 Å². The highest BCUT2D eigenvalue weighted by Gasteiger charge is 2.04. The van der Waals surface area contributed by atoms with Gasteiger partial charge in [-0.15, -0.1) is 0 Å². The van der Waals surface area contributed by atoms with E-state index in [1.54, 1.807) is 0 Å². The average Bonchev–Trinajstić information content (AvgIpc) is 1.87. The van der Waals surface area contributed by atoms with Crippen LogP contribution in [0.25, 0.3) is 0 Å². The SMILES string of the molecule is OC(O)COCC(O)CCBr. The quantitative estimate of drug-likeness (QED) is 0.422. The fourth-order valence-electron chi connectivity index (χ4n) is 0.519. The van der Waals surface area contributed by atoms with E-state index in [1.165, 1.54) is 0 Å². The predicted molar refractivity (Wildman–Crippen MR) is 43.5 cm³/mol. The summed E-state index contributed by atoms with van der Waals surface area (Å²) < 4.78 is 4.74. The number of rotatable bonds is 6. The van der Waals surface area contributed by atoms with Gasteiger partial charge in [-0.1, -0.05) is 15.9 Å². The molecule has 0 rings (SSSR count). The molecule has 0 heterocycles. The van der Waals surface area contributed by atoms with Crippen molar-refractivity contribution in [2.75, 3.05) is 18.5 Å². The van der Waals surface area contributed by atoms with Crippen molar-refractivity contribution in [1.29, 1.82) is 0 Å². The largest absolute Gasteiger partial charge is 0.391 e. The van der Waals surface area contributed by atoms with Crippen LogP contribution >= 0.6 is 15.9 Å². The van der Waals surface area contributed by atoms with Gasteiger partial charge in [0.05, 0.1) is 19.3 Å². The molecular formula is C6H13BrO4. The summed E-state index contributed by atoms with van der Waals surface area (Å²) >= 11 is 3.16. The van der Waals surface area contributed by atoms with Crippen LogP contribution in [-0.2, 0) is 4.74 Å². The van der Waals surface area contributed by atoms with Crippen LogP contribution in [-0.4, -0.2) is 46.3 Å². The molecular weight excluding hydrogens is 216 g/mol. The van der Waals surface area contributed by atoms with E-state index in [4.69, 9.17) is 20.1 Å². The Hall–Kier alpha value is 0.320. The van der Waals surface area contributed by atoms with Crippen molar-refractivity contribution in [3.63, 3.8) is 0 Å². The summed E-state index contributed by atoms with van der Waals surface area (Å²) in [4.78, 5) is 0. The lowest BCUT2D eigenvalue weighted by Gasteiger charge is -2.09. The summed E-state index contributed by atoms with van der Waals surface area (Å²) in [5.41, 5.74) is 0. The predicted octanol–water partition coefficient (Wildman–Crippen LogP) is -0.540. The van der Waals surface area contributed by atoms with Gasteiger partial charge in [-0.05, 0) is 6.42 Å². The molecule has 0 aromatic heterocycles. The van der Waals surface area contributed by atoms with Crippen molar-refractivity contribution < 1.29 is 20.1 Å². The molecule has 0 aliphatic heterocycles. The third kappa shape index (κ3) is 8.22. The molecule has 1 atom stereocenters. The minimum absolute atomic E-state index is 0.142. The molecule has 1 unspecified atom stereocenters. The fourth-order valence-corrected chi connectivity index (χ4v) is 1.05. The zero-order valence-electron chi connectivity index (χ0n) is 6.11. The molecule has 0 radical (unpaired) electrons. The van der Waals surface area contributed by atoms with Crippen LogP contribution < -0.4 is 0 Å². The molecule has 68 valence electrons. The first-order chi connectivity index (χ1) is 5.16. The standard InChI is InChI=1S/C6H13BrO4/c7-2-1-5(8)3-11-4-6(9)10/h5-6,8-10H,1-4H2. The lowest BCUT2D eigenvalue weighted by atomic mass is 10.3. The zero-order valence-corrected chi connectivity index (χ0v) is 7.70. The Morgan fingerprint density at radius 2 is 1.82 bits per heavy atom. The molecule has 3 N–H and O–H groups in total. The Morgan fingerprint density at radius 1 is 1.18 bits per heavy atom.